The summed E-state index contributed by atoms with van der Waals surface area (Å²) < 4.78 is 0. The normalized spacial score (nSPS) is 19.9. The summed E-state index contributed by atoms with van der Waals surface area (Å²) in [4.78, 5) is 21.3. The molecule has 1 aliphatic rings. The molecule has 2 rings (SSSR count). The number of nitrogens with zero attached hydrogens (tertiary/aromatic N) is 3. The van der Waals surface area contributed by atoms with E-state index in [0.717, 1.165) is 30.1 Å². The number of carbonyl (C=O) groups is 1. The Balaban J connectivity index is 2.08. The number of likely N-dealkylation sites (tertiary alicyclic amines) is 1. The molecule has 0 unspecified atom stereocenters. The van der Waals surface area contributed by atoms with Crippen molar-refractivity contribution in [3.05, 3.63) is 16.1 Å². The highest BCUT2D eigenvalue weighted by Gasteiger charge is 2.30. The maximum atomic E-state index is 12.6. The lowest BCUT2D eigenvalue weighted by Gasteiger charge is -2.36. The standard InChI is InChI=1S/C15H25N3OS/c1-11(2)17(4)9-14(19)18-8-6-5-7-13(18)15-16-12(3)10-20-15/h10-11,13H,5-9H2,1-4H3/t13-/m0/s1. The molecule has 1 fully saturated rings. The SMILES string of the molecule is Cc1csc([C@@H]2CCCCN2C(=O)CN(C)C(C)C)n1. The summed E-state index contributed by atoms with van der Waals surface area (Å²) in [5.41, 5.74) is 1.06. The highest BCUT2D eigenvalue weighted by molar-refractivity contribution is 7.09. The molecular weight excluding hydrogens is 270 g/mol. The van der Waals surface area contributed by atoms with E-state index in [-0.39, 0.29) is 11.9 Å². The fraction of sp³-hybridized carbons (Fsp3) is 0.733. The lowest BCUT2D eigenvalue weighted by Crippen LogP contribution is -2.44. The Kier molecular flexibility index (Phi) is 5.16. The lowest BCUT2D eigenvalue weighted by atomic mass is 10.0. The zero-order valence-corrected chi connectivity index (χ0v) is 13.7. The van der Waals surface area contributed by atoms with Crippen LogP contribution < -0.4 is 0 Å². The van der Waals surface area contributed by atoms with Crippen LogP contribution in [-0.2, 0) is 4.79 Å². The van der Waals surface area contributed by atoms with Gasteiger partial charge in [-0.1, -0.05) is 0 Å². The summed E-state index contributed by atoms with van der Waals surface area (Å²) in [5, 5.41) is 3.18. The minimum Gasteiger partial charge on any atom is -0.332 e. The maximum absolute atomic E-state index is 12.6. The van der Waals surface area contributed by atoms with Gasteiger partial charge in [-0.2, -0.15) is 0 Å². The fourth-order valence-corrected chi connectivity index (χ4v) is 3.44. The number of hydrogen-bond donors (Lipinski definition) is 0. The first kappa shape index (κ1) is 15.4. The van der Waals surface area contributed by atoms with Crippen molar-refractivity contribution in [2.75, 3.05) is 20.1 Å². The molecule has 0 N–H and O–H groups in total. The maximum Gasteiger partial charge on any atom is 0.237 e. The van der Waals surface area contributed by atoms with E-state index in [4.69, 9.17) is 0 Å². The minimum absolute atomic E-state index is 0.190. The first-order valence-electron chi connectivity index (χ1n) is 7.40. The molecular formula is C15H25N3OS. The van der Waals surface area contributed by atoms with E-state index in [1.165, 1.54) is 6.42 Å². The Morgan fingerprint density at radius 1 is 1.55 bits per heavy atom. The summed E-state index contributed by atoms with van der Waals surface area (Å²) in [7, 11) is 2.01. The number of likely N-dealkylation sites (N-methyl/N-ethyl adjacent to an activating group) is 1. The Bertz CT molecular complexity index is 458. The van der Waals surface area contributed by atoms with Crippen LogP contribution in [0.3, 0.4) is 0 Å². The fourth-order valence-electron chi connectivity index (χ4n) is 2.50. The topological polar surface area (TPSA) is 36.4 Å². The Morgan fingerprint density at radius 2 is 2.30 bits per heavy atom. The van der Waals surface area contributed by atoms with E-state index < -0.39 is 0 Å². The van der Waals surface area contributed by atoms with Crippen LogP contribution in [0.5, 0.6) is 0 Å². The molecule has 5 heteroatoms. The zero-order chi connectivity index (χ0) is 14.7. The molecule has 1 aromatic rings. The van der Waals surface area contributed by atoms with Crippen molar-refractivity contribution in [2.24, 2.45) is 0 Å². The molecule has 1 aromatic heterocycles. The summed E-state index contributed by atoms with van der Waals surface area (Å²) in [6.07, 6.45) is 3.34. The number of aryl methyl sites for hydroxylation is 1. The van der Waals surface area contributed by atoms with Crippen LogP contribution in [0.4, 0.5) is 0 Å². The predicted octanol–water partition coefficient (Wildman–Crippen LogP) is 2.85. The highest BCUT2D eigenvalue weighted by Crippen LogP contribution is 2.32. The van der Waals surface area contributed by atoms with Crippen molar-refractivity contribution < 1.29 is 4.79 Å². The van der Waals surface area contributed by atoms with Crippen LogP contribution in [0.25, 0.3) is 0 Å². The molecule has 2 heterocycles. The van der Waals surface area contributed by atoms with Crippen LogP contribution in [0, 0.1) is 6.92 Å². The van der Waals surface area contributed by atoms with Crippen molar-refractivity contribution in [3.8, 4) is 0 Å². The van der Waals surface area contributed by atoms with Gasteiger partial charge < -0.3 is 4.90 Å². The number of amides is 1. The molecule has 0 bridgehead atoms. The third-order valence-corrected chi connectivity index (χ3v) is 5.08. The third kappa shape index (κ3) is 3.58. The molecule has 0 aromatic carbocycles. The van der Waals surface area contributed by atoms with Gasteiger partial charge in [-0.3, -0.25) is 9.69 Å². The quantitative estimate of drug-likeness (QED) is 0.857. The van der Waals surface area contributed by atoms with Crippen molar-refractivity contribution in [1.29, 1.82) is 0 Å². The van der Waals surface area contributed by atoms with Gasteiger partial charge in [-0.25, -0.2) is 4.98 Å². The predicted molar refractivity (Wildman–Crippen MR) is 82.9 cm³/mol. The van der Waals surface area contributed by atoms with E-state index in [1.807, 2.05) is 18.9 Å². The van der Waals surface area contributed by atoms with E-state index in [2.05, 4.69) is 29.1 Å². The molecule has 0 aliphatic carbocycles. The first-order valence-corrected chi connectivity index (χ1v) is 8.28. The van der Waals surface area contributed by atoms with Gasteiger partial charge in [-0.15, -0.1) is 11.3 Å². The second-order valence-corrected chi connectivity index (χ2v) is 6.82. The summed E-state index contributed by atoms with van der Waals surface area (Å²) in [5.74, 6) is 0.235. The summed E-state index contributed by atoms with van der Waals surface area (Å²) >= 11 is 1.68. The van der Waals surface area contributed by atoms with Gasteiger partial charge in [0.1, 0.15) is 5.01 Å². The molecule has 0 spiro atoms. The lowest BCUT2D eigenvalue weighted by molar-refractivity contribution is -0.136. The molecule has 4 nitrogen and oxygen atoms in total. The zero-order valence-electron chi connectivity index (χ0n) is 12.9. The molecule has 1 aliphatic heterocycles. The van der Waals surface area contributed by atoms with Crippen LogP contribution in [0.2, 0.25) is 0 Å². The number of piperidine rings is 1. The van der Waals surface area contributed by atoms with E-state index >= 15 is 0 Å². The number of thiazole rings is 1. The van der Waals surface area contributed by atoms with Crippen LogP contribution in [0.15, 0.2) is 5.38 Å². The molecule has 1 atom stereocenters. The average molecular weight is 295 g/mol. The highest BCUT2D eigenvalue weighted by atomic mass is 32.1. The molecule has 112 valence electrons. The van der Waals surface area contributed by atoms with Gasteiger partial charge in [0, 0.05) is 23.7 Å². The molecule has 1 saturated heterocycles. The van der Waals surface area contributed by atoms with Crippen molar-refractivity contribution >= 4 is 17.2 Å². The molecule has 20 heavy (non-hydrogen) atoms. The van der Waals surface area contributed by atoms with Gasteiger partial charge in [-0.05, 0) is 47.1 Å². The van der Waals surface area contributed by atoms with Gasteiger partial charge >= 0.3 is 0 Å². The van der Waals surface area contributed by atoms with E-state index in [1.54, 1.807) is 11.3 Å². The molecule has 0 radical (unpaired) electrons. The van der Waals surface area contributed by atoms with Gasteiger partial charge in [0.05, 0.1) is 12.6 Å². The number of rotatable bonds is 4. The smallest absolute Gasteiger partial charge is 0.237 e. The monoisotopic (exact) mass is 295 g/mol. The van der Waals surface area contributed by atoms with Gasteiger partial charge in [0.2, 0.25) is 5.91 Å². The number of hydrogen-bond acceptors (Lipinski definition) is 4. The number of aromatic nitrogens is 1. The minimum atomic E-state index is 0.190. The van der Waals surface area contributed by atoms with Crippen LogP contribution in [0.1, 0.15) is 49.9 Å². The van der Waals surface area contributed by atoms with E-state index in [0.29, 0.717) is 12.6 Å². The summed E-state index contributed by atoms with van der Waals surface area (Å²) in [6, 6.07) is 0.583. The average Bonchev–Trinajstić information content (AvgIpc) is 2.85. The van der Waals surface area contributed by atoms with Crippen molar-refractivity contribution in [1.82, 2.24) is 14.8 Å². The Labute approximate surface area is 125 Å². The largest absolute Gasteiger partial charge is 0.332 e. The van der Waals surface area contributed by atoms with Crippen molar-refractivity contribution in [3.63, 3.8) is 0 Å². The molecule has 1 amide bonds. The molecule has 0 saturated carbocycles. The second kappa shape index (κ2) is 6.68. The van der Waals surface area contributed by atoms with Crippen molar-refractivity contribution in [2.45, 2.75) is 52.1 Å². The van der Waals surface area contributed by atoms with Crippen LogP contribution in [-0.4, -0.2) is 46.9 Å². The van der Waals surface area contributed by atoms with Gasteiger partial charge in [0.15, 0.2) is 0 Å². The van der Waals surface area contributed by atoms with Gasteiger partial charge in [0.25, 0.3) is 0 Å². The Hall–Kier alpha value is -0.940. The first-order chi connectivity index (χ1) is 9.49. The Morgan fingerprint density at radius 3 is 2.90 bits per heavy atom. The summed E-state index contributed by atoms with van der Waals surface area (Å²) in [6.45, 7) is 7.62. The van der Waals surface area contributed by atoms with Crippen LogP contribution >= 0.6 is 11.3 Å². The third-order valence-electron chi connectivity index (χ3n) is 4.01. The number of carbonyl (C=O) groups excluding carboxylic acids is 1. The second-order valence-electron chi connectivity index (χ2n) is 5.93. The van der Waals surface area contributed by atoms with E-state index in [9.17, 15) is 4.79 Å².